The first kappa shape index (κ1) is 23.6. The molecule has 0 aromatic rings. The maximum atomic E-state index is 12.9. The number of carbonyl (C=O) groups is 4. The van der Waals surface area contributed by atoms with E-state index in [1.54, 1.807) is 24.9 Å². The van der Waals surface area contributed by atoms with Crippen molar-refractivity contribution < 1.29 is 24.3 Å². The van der Waals surface area contributed by atoms with Crippen LogP contribution in [0.2, 0.25) is 0 Å². The Morgan fingerprint density at radius 2 is 2.00 bits per heavy atom. The van der Waals surface area contributed by atoms with Crippen molar-refractivity contribution in [2.45, 2.75) is 45.7 Å². The van der Waals surface area contributed by atoms with E-state index in [0.717, 1.165) is 6.42 Å². The van der Waals surface area contributed by atoms with Gasteiger partial charge in [-0.2, -0.15) is 0 Å². The summed E-state index contributed by atoms with van der Waals surface area (Å²) in [7, 11) is 1.63. The zero-order valence-corrected chi connectivity index (χ0v) is 17.1. The van der Waals surface area contributed by atoms with Gasteiger partial charge in [-0.1, -0.05) is 19.9 Å². The summed E-state index contributed by atoms with van der Waals surface area (Å²) < 4.78 is 0. The van der Waals surface area contributed by atoms with E-state index in [-0.39, 0.29) is 49.4 Å². The van der Waals surface area contributed by atoms with E-state index in [1.807, 2.05) is 13.8 Å². The summed E-state index contributed by atoms with van der Waals surface area (Å²) in [6.07, 6.45) is 3.53. The van der Waals surface area contributed by atoms with Crippen LogP contribution in [-0.4, -0.2) is 84.4 Å². The van der Waals surface area contributed by atoms with Crippen molar-refractivity contribution in [3.8, 4) is 0 Å². The van der Waals surface area contributed by atoms with Crippen molar-refractivity contribution >= 4 is 24.1 Å². The van der Waals surface area contributed by atoms with Crippen LogP contribution in [0.4, 0.5) is 0 Å². The number of rotatable bonds is 10. The van der Waals surface area contributed by atoms with Crippen molar-refractivity contribution in [3.05, 3.63) is 11.6 Å². The van der Waals surface area contributed by atoms with Crippen LogP contribution in [0.25, 0.3) is 0 Å². The number of hydrogen-bond acceptors (Lipinski definition) is 5. The minimum Gasteiger partial charge on any atom is -0.395 e. The van der Waals surface area contributed by atoms with Gasteiger partial charge in [-0.3, -0.25) is 19.2 Å². The molecule has 0 aliphatic carbocycles. The smallest absolute Gasteiger partial charge is 0.249 e. The molecular weight excluding hydrogens is 364 g/mol. The molecule has 1 saturated heterocycles. The SMILES string of the molecule is C/C(=C\[C@H](C(C)C)N(C)C(=O)CNC=O)C(=O)N1CCC[C@H]1C(=O)NCCO. The average molecular weight is 396 g/mol. The molecule has 0 aromatic heterocycles. The van der Waals surface area contributed by atoms with Gasteiger partial charge in [0, 0.05) is 25.7 Å². The van der Waals surface area contributed by atoms with Crippen molar-refractivity contribution in [2.24, 2.45) is 5.92 Å². The topological polar surface area (TPSA) is 119 Å². The number of likely N-dealkylation sites (N-methyl/N-ethyl adjacent to an activating group) is 1. The second-order valence-corrected chi connectivity index (χ2v) is 7.26. The largest absolute Gasteiger partial charge is 0.395 e. The molecule has 1 fully saturated rings. The first-order valence-corrected chi connectivity index (χ1v) is 9.55. The van der Waals surface area contributed by atoms with Gasteiger partial charge in [-0.05, 0) is 25.7 Å². The molecule has 0 spiro atoms. The Morgan fingerprint density at radius 3 is 2.57 bits per heavy atom. The first-order chi connectivity index (χ1) is 13.2. The van der Waals surface area contributed by atoms with Gasteiger partial charge in [0.1, 0.15) is 6.04 Å². The molecule has 1 rings (SSSR count). The molecule has 1 heterocycles. The lowest BCUT2D eigenvalue weighted by Crippen LogP contribution is -2.47. The van der Waals surface area contributed by atoms with Crippen molar-refractivity contribution in [1.82, 2.24) is 20.4 Å². The van der Waals surface area contributed by atoms with Crippen molar-refractivity contribution in [1.29, 1.82) is 0 Å². The number of nitrogens with zero attached hydrogens (tertiary/aromatic N) is 2. The summed E-state index contributed by atoms with van der Waals surface area (Å²) in [5, 5.41) is 13.8. The van der Waals surface area contributed by atoms with Gasteiger partial charge in [-0.25, -0.2) is 0 Å². The summed E-state index contributed by atoms with van der Waals surface area (Å²) in [5.41, 5.74) is 0.462. The van der Waals surface area contributed by atoms with Gasteiger partial charge in [0.05, 0.1) is 19.2 Å². The van der Waals surface area contributed by atoms with Gasteiger partial charge in [-0.15, -0.1) is 0 Å². The molecule has 1 aliphatic heterocycles. The van der Waals surface area contributed by atoms with Crippen LogP contribution in [0, 0.1) is 5.92 Å². The molecule has 3 N–H and O–H groups in total. The second kappa shape index (κ2) is 11.4. The molecule has 2 atom stereocenters. The van der Waals surface area contributed by atoms with Gasteiger partial charge in [0.15, 0.2) is 0 Å². The third kappa shape index (κ3) is 6.33. The van der Waals surface area contributed by atoms with E-state index >= 15 is 0 Å². The number of hydrogen-bond donors (Lipinski definition) is 3. The quantitative estimate of drug-likeness (QED) is 0.332. The molecule has 9 heteroatoms. The Hall–Kier alpha value is -2.42. The summed E-state index contributed by atoms with van der Waals surface area (Å²) in [6, 6.07) is -0.870. The van der Waals surface area contributed by atoms with Crippen LogP contribution in [0.15, 0.2) is 11.6 Å². The highest BCUT2D eigenvalue weighted by atomic mass is 16.3. The second-order valence-electron chi connectivity index (χ2n) is 7.26. The number of amides is 4. The number of carbonyl (C=O) groups excluding carboxylic acids is 4. The Balaban J connectivity index is 2.92. The summed E-state index contributed by atoms with van der Waals surface area (Å²) >= 11 is 0. The third-order valence-corrected chi connectivity index (χ3v) is 4.85. The van der Waals surface area contributed by atoms with Crippen LogP contribution in [0.3, 0.4) is 0 Å². The van der Waals surface area contributed by atoms with Crippen LogP contribution in [0.5, 0.6) is 0 Å². The number of nitrogens with one attached hydrogen (secondary N) is 2. The summed E-state index contributed by atoms with van der Waals surface area (Å²) in [4.78, 5) is 50.8. The van der Waals surface area contributed by atoms with Crippen LogP contribution >= 0.6 is 0 Å². The van der Waals surface area contributed by atoms with E-state index in [0.29, 0.717) is 24.9 Å². The Labute approximate surface area is 166 Å². The first-order valence-electron chi connectivity index (χ1n) is 9.55. The molecule has 0 bridgehead atoms. The molecular formula is C19H32N4O5. The standard InChI is InChI=1S/C19H32N4O5/c1-13(2)16(22(4)17(26)11-20-12-25)10-14(3)19(28)23-8-5-6-15(23)18(27)21-7-9-24/h10,12-13,15-16,24H,5-9,11H2,1-4H3,(H,20,25)(H,21,27)/b14-10+/t15-,16+/m0/s1. The van der Waals surface area contributed by atoms with Crippen LogP contribution in [0.1, 0.15) is 33.6 Å². The molecule has 158 valence electrons. The zero-order valence-electron chi connectivity index (χ0n) is 17.1. The van der Waals surface area contributed by atoms with Crippen LogP contribution < -0.4 is 10.6 Å². The highest BCUT2D eigenvalue weighted by Gasteiger charge is 2.34. The molecule has 28 heavy (non-hydrogen) atoms. The molecule has 0 aromatic carbocycles. The lowest BCUT2D eigenvalue weighted by Gasteiger charge is -2.30. The Morgan fingerprint density at radius 1 is 1.32 bits per heavy atom. The van der Waals surface area contributed by atoms with E-state index in [4.69, 9.17) is 5.11 Å². The predicted octanol–water partition coefficient (Wildman–Crippen LogP) is -0.739. The minimum atomic E-state index is -0.545. The molecule has 0 unspecified atom stereocenters. The fourth-order valence-corrected chi connectivity index (χ4v) is 3.30. The minimum absolute atomic E-state index is 0.0511. The van der Waals surface area contributed by atoms with Crippen LogP contribution in [-0.2, 0) is 19.2 Å². The molecule has 1 aliphatic rings. The maximum absolute atomic E-state index is 12.9. The average Bonchev–Trinajstić information content (AvgIpc) is 3.16. The van der Waals surface area contributed by atoms with E-state index in [1.165, 1.54) is 4.90 Å². The molecule has 4 amide bonds. The maximum Gasteiger partial charge on any atom is 0.249 e. The fourth-order valence-electron chi connectivity index (χ4n) is 3.30. The van der Waals surface area contributed by atoms with Crippen molar-refractivity contribution in [2.75, 3.05) is 33.3 Å². The fraction of sp³-hybridized carbons (Fsp3) is 0.684. The summed E-state index contributed by atoms with van der Waals surface area (Å²) in [6.45, 7) is 5.95. The predicted molar refractivity (Wildman–Crippen MR) is 104 cm³/mol. The zero-order chi connectivity index (χ0) is 21.3. The highest BCUT2D eigenvalue weighted by Crippen LogP contribution is 2.21. The molecule has 9 nitrogen and oxygen atoms in total. The van der Waals surface area contributed by atoms with Gasteiger partial charge >= 0.3 is 0 Å². The molecule has 0 radical (unpaired) electrons. The number of likely N-dealkylation sites (tertiary alicyclic amines) is 1. The lowest BCUT2D eigenvalue weighted by atomic mass is 9.99. The van der Waals surface area contributed by atoms with E-state index in [9.17, 15) is 19.2 Å². The lowest BCUT2D eigenvalue weighted by molar-refractivity contribution is -0.135. The summed E-state index contributed by atoms with van der Waals surface area (Å²) in [5.74, 6) is -0.709. The van der Waals surface area contributed by atoms with Gasteiger partial charge in [0.2, 0.25) is 24.1 Å². The Bertz CT molecular complexity index is 605. The number of aliphatic hydroxyl groups excluding tert-OH is 1. The van der Waals surface area contributed by atoms with E-state index in [2.05, 4.69) is 10.6 Å². The van der Waals surface area contributed by atoms with Crippen molar-refractivity contribution in [3.63, 3.8) is 0 Å². The third-order valence-electron chi connectivity index (χ3n) is 4.85. The monoisotopic (exact) mass is 396 g/mol. The highest BCUT2D eigenvalue weighted by molar-refractivity contribution is 5.97. The van der Waals surface area contributed by atoms with Gasteiger partial charge in [0.25, 0.3) is 0 Å². The molecule has 0 saturated carbocycles. The Kier molecular flexibility index (Phi) is 9.64. The number of aliphatic hydroxyl groups is 1. The van der Waals surface area contributed by atoms with Gasteiger partial charge < -0.3 is 25.5 Å². The normalized spacial score (nSPS) is 18.0. The van der Waals surface area contributed by atoms with E-state index < -0.39 is 6.04 Å².